The molecule has 1 saturated heterocycles. The molecule has 1 aliphatic rings. The van der Waals surface area contributed by atoms with Gasteiger partial charge < -0.3 is 9.42 Å². The maximum Gasteiger partial charge on any atom is 0.232 e. The third kappa shape index (κ3) is 2.51. The summed E-state index contributed by atoms with van der Waals surface area (Å²) in [7, 11) is 1.76. The normalized spacial score (nSPS) is 18.9. The van der Waals surface area contributed by atoms with Crippen molar-refractivity contribution < 1.29 is 9.32 Å². The van der Waals surface area contributed by atoms with Crippen LogP contribution < -0.4 is 0 Å². The van der Waals surface area contributed by atoms with Gasteiger partial charge in [-0.15, -0.1) is 0 Å². The summed E-state index contributed by atoms with van der Waals surface area (Å²) in [5, 5.41) is 4.95. The van der Waals surface area contributed by atoms with Crippen LogP contribution in [-0.4, -0.2) is 34.5 Å². The van der Waals surface area contributed by atoms with Crippen molar-refractivity contribution in [1.29, 1.82) is 0 Å². The number of carbonyl (C=O) groups is 1. The Morgan fingerprint density at radius 1 is 1.30 bits per heavy atom. The second kappa shape index (κ2) is 5.07. The van der Waals surface area contributed by atoms with Crippen LogP contribution in [0, 0.1) is 0 Å². The van der Waals surface area contributed by atoms with E-state index >= 15 is 0 Å². The van der Waals surface area contributed by atoms with Crippen molar-refractivity contribution in [1.82, 2.24) is 15.0 Å². The van der Waals surface area contributed by atoms with Gasteiger partial charge in [0.15, 0.2) is 0 Å². The highest BCUT2D eigenvalue weighted by Crippen LogP contribution is 2.29. The van der Waals surface area contributed by atoms with Gasteiger partial charge in [-0.1, -0.05) is 28.4 Å². The van der Waals surface area contributed by atoms with Gasteiger partial charge in [0.2, 0.25) is 17.6 Å². The molecule has 1 aliphatic heterocycles. The van der Waals surface area contributed by atoms with Crippen molar-refractivity contribution in [2.45, 2.75) is 12.3 Å². The molecule has 1 aromatic heterocycles. The number of amides is 1. The van der Waals surface area contributed by atoms with E-state index in [1.807, 2.05) is 0 Å². The zero-order valence-electron chi connectivity index (χ0n) is 10.6. The van der Waals surface area contributed by atoms with Crippen LogP contribution in [0.4, 0.5) is 0 Å². The van der Waals surface area contributed by atoms with Gasteiger partial charge in [0.25, 0.3) is 0 Å². The largest absolute Gasteiger partial charge is 0.345 e. The van der Waals surface area contributed by atoms with Crippen LogP contribution in [0.5, 0.6) is 0 Å². The lowest BCUT2D eigenvalue weighted by Gasteiger charge is -2.05. The summed E-state index contributed by atoms with van der Waals surface area (Å²) in [5.41, 5.74) is 0.690. The maximum absolute atomic E-state index is 11.5. The average molecular weight is 312 g/mol. The van der Waals surface area contributed by atoms with E-state index in [1.54, 1.807) is 30.1 Å². The molecule has 0 saturated carbocycles. The third-order valence-electron chi connectivity index (χ3n) is 3.25. The molecule has 3 rings (SSSR count). The van der Waals surface area contributed by atoms with E-state index in [0.29, 0.717) is 40.3 Å². The quantitative estimate of drug-likeness (QED) is 0.855. The highest BCUT2D eigenvalue weighted by Gasteiger charge is 2.32. The van der Waals surface area contributed by atoms with Crippen LogP contribution >= 0.6 is 23.2 Å². The zero-order valence-corrected chi connectivity index (χ0v) is 12.1. The lowest BCUT2D eigenvalue weighted by Crippen LogP contribution is -2.18. The van der Waals surface area contributed by atoms with E-state index in [-0.39, 0.29) is 11.8 Å². The molecule has 0 N–H and O–H groups in total. The first kappa shape index (κ1) is 13.4. The molecule has 0 radical (unpaired) electrons. The lowest BCUT2D eigenvalue weighted by molar-refractivity contribution is -0.126. The molecule has 1 unspecified atom stereocenters. The number of hydrogen-bond donors (Lipinski definition) is 0. The molecule has 1 atom stereocenters. The van der Waals surface area contributed by atoms with Gasteiger partial charge in [-0.05, 0) is 18.2 Å². The first-order valence-corrected chi connectivity index (χ1v) is 6.82. The number of hydrogen-bond acceptors (Lipinski definition) is 4. The Bertz CT molecular complexity index is 651. The van der Waals surface area contributed by atoms with Gasteiger partial charge in [0.05, 0.1) is 5.92 Å². The third-order valence-corrected chi connectivity index (χ3v) is 3.69. The molecule has 0 spiro atoms. The fourth-order valence-electron chi connectivity index (χ4n) is 2.23. The molecule has 5 nitrogen and oxygen atoms in total. The summed E-state index contributed by atoms with van der Waals surface area (Å²) in [6, 6.07) is 5.07. The number of likely N-dealkylation sites (N-methyl/N-ethyl adjacent to an activating group) is 1. The standard InChI is InChI=1S/C13H11Cl2N3O2/c1-18-6-8(4-11(18)19)13-16-12(17-20-13)7-2-9(14)5-10(15)3-7/h2-3,5,8H,4,6H2,1H3. The van der Waals surface area contributed by atoms with Crippen LogP contribution in [-0.2, 0) is 4.79 Å². The molecule has 2 aromatic rings. The Balaban J connectivity index is 1.89. The topological polar surface area (TPSA) is 59.2 Å². The Kier molecular flexibility index (Phi) is 3.40. The molecular formula is C13H11Cl2N3O2. The van der Waals surface area contributed by atoms with E-state index in [2.05, 4.69) is 10.1 Å². The minimum absolute atomic E-state index is 0.0524. The minimum Gasteiger partial charge on any atom is -0.345 e. The predicted octanol–water partition coefficient (Wildman–Crippen LogP) is 2.99. The molecule has 2 heterocycles. The second-order valence-electron chi connectivity index (χ2n) is 4.79. The van der Waals surface area contributed by atoms with E-state index < -0.39 is 0 Å². The first-order chi connectivity index (χ1) is 9.52. The van der Waals surface area contributed by atoms with Crippen LogP contribution in [0.2, 0.25) is 10.0 Å². The van der Waals surface area contributed by atoms with Crippen molar-refractivity contribution >= 4 is 29.1 Å². The molecule has 0 bridgehead atoms. The summed E-state index contributed by atoms with van der Waals surface area (Å²) < 4.78 is 5.25. The Hall–Kier alpha value is -1.59. The fourth-order valence-corrected chi connectivity index (χ4v) is 2.76. The van der Waals surface area contributed by atoms with E-state index in [4.69, 9.17) is 27.7 Å². The Morgan fingerprint density at radius 3 is 2.60 bits per heavy atom. The molecule has 1 aromatic carbocycles. The van der Waals surface area contributed by atoms with Crippen molar-refractivity contribution in [3.63, 3.8) is 0 Å². The SMILES string of the molecule is CN1CC(c2nc(-c3cc(Cl)cc(Cl)c3)no2)CC1=O. The minimum atomic E-state index is -0.0524. The number of aromatic nitrogens is 2. The predicted molar refractivity (Wildman–Crippen MR) is 74.7 cm³/mol. The van der Waals surface area contributed by atoms with Crippen LogP contribution in [0.25, 0.3) is 11.4 Å². The number of rotatable bonds is 2. The van der Waals surface area contributed by atoms with Gasteiger partial charge in [-0.3, -0.25) is 4.79 Å². The monoisotopic (exact) mass is 311 g/mol. The van der Waals surface area contributed by atoms with Gasteiger partial charge >= 0.3 is 0 Å². The summed E-state index contributed by atoms with van der Waals surface area (Å²) in [5.74, 6) is 0.921. The van der Waals surface area contributed by atoms with E-state index in [0.717, 1.165) is 0 Å². The van der Waals surface area contributed by atoms with Gasteiger partial charge in [-0.2, -0.15) is 4.98 Å². The summed E-state index contributed by atoms with van der Waals surface area (Å²) in [6.45, 7) is 0.594. The highest BCUT2D eigenvalue weighted by molar-refractivity contribution is 6.35. The number of nitrogens with zero attached hydrogens (tertiary/aromatic N) is 3. The van der Waals surface area contributed by atoms with Crippen LogP contribution in [0.1, 0.15) is 18.2 Å². The van der Waals surface area contributed by atoms with Crippen molar-refractivity contribution in [3.05, 3.63) is 34.1 Å². The molecular weight excluding hydrogens is 301 g/mol. The lowest BCUT2D eigenvalue weighted by atomic mass is 10.1. The second-order valence-corrected chi connectivity index (χ2v) is 5.66. The van der Waals surface area contributed by atoms with Gasteiger partial charge in [0, 0.05) is 35.6 Å². The van der Waals surface area contributed by atoms with Gasteiger partial charge in [-0.25, -0.2) is 0 Å². The Labute approximate surface area is 125 Å². The van der Waals surface area contributed by atoms with E-state index in [9.17, 15) is 4.79 Å². The number of halogens is 2. The number of likely N-dealkylation sites (tertiary alicyclic amines) is 1. The molecule has 0 aliphatic carbocycles. The maximum atomic E-state index is 11.5. The van der Waals surface area contributed by atoms with Crippen LogP contribution in [0.15, 0.2) is 22.7 Å². The smallest absolute Gasteiger partial charge is 0.232 e. The average Bonchev–Trinajstić information content (AvgIpc) is 2.96. The molecule has 1 amide bonds. The molecule has 7 heteroatoms. The summed E-state index contributed by atoms with van der Waals surface area (Å²) in [6.07, 6.45) is 0.397. The van der Waals surface area contributed by atoms with Crippen molar-refractivity contribution in [2.75, 3.05) is 13.6 Å². The number of benzene rings is 1. The fraction of sp³-hybridized carbons (Fsp3) is 0.308. The van der Waals surface area contributed by atoms with Crippen LogP contribution in [0.3, 0.4) is 0 Å². The molecule has 104 valence electrons. The van der Waals surface area contributed by atoms with Gasteiger partial charge in [0.1, 0.15) is 0 Å². The number of carbonyl (C=O) groups excluding carboxylic acids is 1. The summed E-state index contributed by atoms with van der Waals surface area (Å²) in [4.78, 5) is 17.5. The zero-order chi connectivity index (χ0) is 14.3. The molecule has 1 fully saturated rings. The highest BCUT2D eigenvalue weighted by atomic mass is 35.5. The van der Waals surface area contributed by atoms with Crippen molar-refractivity contribution in [2.24, 2.45) is 0 Å². The van der Waals surface area contributed by atoms with Crippen molar-refractivity contribution in [3.8, 4) is 11.4 Å². The summed E-state index contributed by atoms with van der Waals surface area (Å²) >= 11 is 11.9. The Morgan fingerprint density at radius 2 is 2.00 bits per heavy atom. The molecule has 20 heavy (non-hydrogen) atoms. The first-order valence-electron chi connectivity index (χ1n) is 6.07. The van der Waals surface area contributed by atoms with E-state index in [1.165, 1.54) is 0 Å².